The van der Waals surface area contributed by atoms with E-state index in [9.17, 15) is 13.2 Å². The molecule has 0 saturated heterocycles. The molecule has 0 spiro atoms. The molecule has 0 saturated carbocycles. The van der Waals surface area contributed by atoms with Gasteiger partial charge in [-0.15, -0.1) is 12.4 Å². The first-order valence-electron chi connectivity index (χ1n) is 6.59. The Kier molecular flexibility index (Phi) is 4.49. The lowest BCUT2D eigenvalue weighted by Crippen LogP contribution is -2.40. The molecular formula is C14H17ClF3NO. The van der Waals surface area contributed by atoms with Crippen LogP contribution >= 0.6 is 12.4 Å². The lowest BCUT2D eigenvalue weighted by Gasteiger charge is -2.26. The summed E-state index contributed by atoms with van der Waals surface area (Å²) in [5.41, 5.74) is 3.64. The minimum Gasteiger partial charge on any atom is -0.493 e. The summed E-state index contributed by atoms with van der Waals surface area (Å²) in [6.45, 7) is -0.192. The molecule has 1 heterocycles. The Balaban J connectivity index is 0.00000147. The summed E-state index contributed by atoms with van der Waals surface area (Å²) in [6, 6.07) is 4.09. The van der Waals surface area contributed by atoms with E-state index in [1.165, 1.54) is 11.1 Å². The average Bonchev–Trinajstić information content (AvgIpc) is 2.79. The summed E-state index contributed by atoms with van der Waals surface area (Å²) in [4.78, 5) is 0. The van der Waals surface area contributed by atoms with E-state index in [0.717, 1.165) is 30.6 Å². The Morgan fingerprint density at radius 1 is 1.15 bits per heavy atom. The number of hydrogen-bond donors (Lipinski definition) is 1. The normalized spacial score (nSPS) is 20.6. The highest BCUT2D eigenvalue weighted by molar-refractivity contribution is 5.85. The molecule has 0 bridgehead atoms. The lowest BCUT2D eigenvalue weighted by atomic mass is 9.86. The van der Waals surface area contributed by atoms with Crippen LogP contribution in [0.3, 0.4) is 0 Å². The van der Waals surface area contributed by atoms with Gasteiger partial charge < -0.3 is 10.1 Å². The lowest BCUT2D eigenvalue weighted by molar-refractivity contribution is -0.126. The number of ether oxygens (including phenoxy) is 1. The fourth-order valence-electron chi connectivity index (χ4n) is 2.87. The van der Waals surface area contributed by atoms with Crippen LogP contribution in [0.2, 0.25) is 0 Å². The van der Waals surface area contributed by atoms with Crippen molar-refractivity contribution in [1.29, 1.82) is 0 Å². The molecule has 0 radical (unpaired) electrons. The summed E-state index contributed by atoms with van der Waals surface area (Å²) in [5, 5.41) is 2.60. The number of fused-ring (bicyclic) bond motifs is 2. The average molecular weight is 308 g/mol. The first-order chi connectivity index (χ1) is 9.01. The summed E-state index contributed by atoms with van der Waals surface area (Å²) in [5.74, 6) is 0.912. The second-order valence-corrected chi connectivity index (χ2v) is 5.26. The van der Waals surface area contributed by atoms with Crippen molar-refractivity contribution in [2.24, 2.45) is 0 Å². The fourth-order valence-corrected chi connectivity index (χ4v) is 2.87. The number of hydrogen-bond acceptors (Lipinski definition) is 2. The zero-order valence-corrected chi connectivity index (χ0v) is 11.7. The first-order valence-corrected chi connectivity index (χ1v) is 6.59. The molecule has 1 N–H and O–H groups in total. The van der Waals surface area contributed by atoms with Crippen molar-refractivity contribution in [3.63, 3.8) is 0 Å². The Bertz CT molecular complexity index is 490. The van der Waals surface area contributed by atoms with Gasteiger partial charge in [0.2, 0.25) is 0 Å². The Morgan fingerprint density at radius 3 is 2.70 bits per heavy atom. The van der Waals surface area contributed by atoms with Crippen LogP contribution < -0.4 is 10.1 Å². The van der Waals surface area contributed by atoms with Crippen LogP contribution in [0.25, 0.3) is 0 Å². The van der Waals surface area contributed by atoms with Crippen molar-refractivity contribution in [2.75, 3.05) is 13.2 Å². The number of halogens is 4. The number of benzene rings is 1. The van der Waals surface area contributed by atoms with E-state index in [0.29, 0.717) is 13.0 Å². The maximum Gasteiger partial charge on any atom is 0.401 e. The van der Waals surface area contributed by atoms with Crippen molar-refractivity contribution >= 4 is 12.4 Å². The highest BCUT2D eigenvalue weighted by Gasteiger charge is 2.29. The van der Waals surface area contributed by atoms with Gasteiger partial charge in [-0.3, -0.25) is 0 Å². The van der Waals surface area contributed by atoms with Crippen LogP contribution in [0.4, 0.5) is 13.2 Å². The van der Waals surface area contributed by atoms with Crippen LogP contribution in [-0.2, 0) is 19.3 Å². The Hall–Kier alpha value is -0.940. The third-order valence-electron chi connectivity index (χ3n) is 3.83. The van der Waals surface area contributed by atoms with E-state index in [4.69, 9.17) is 4.74 Å². The maximum absolute atomic E-state index is 12.2. The molecule has 0 amide bonds. The quantitative estimate of drug-likeness (QED) is 0.907. The molecular weight excluding hydrogens is 291 g/mol. The number of rotatable bonds is 2. The van der Waals surface area contributed by atoms with Crippen molar-refractivity contribution in [1.82, 2.24) is 5.32 Å². The summed E-state index contributed by atoms with van der Waals surface area (Å²) in [7, 11) is 0. The number of alkyl halides is 3. The molecule has 112 valence electrons. The van der Waals surface area contributed by atoms with Crippen molar-refractivity contribution in [3.05, 3.63) is 28.8 Å². The van der Waals surface area contributed by atoms with Crippen LogP contribution in [0.5, 0.6) is 5.75 Å². The number of nitrogens with one attached hydrogen (secondary N) is 1. The third-order valence-corrected chi connectivity index (χ3v) is 3.83. The molecule has 2 aliphatic rings. The molecule has 1 aliphatic carbocycles. The van der Waals surface area contributed by atoms with Gasteiger partial charge in [-0.1, -0.05) is 6.07 Å². The van der Waals surface area contributed by atoms with Gasteiger partial charge in [-0.25, -0.2) is 0 Å². The van der Waals surface area contributed by atoms with Crippen molar-refractivity contribution in [2.45, 2.75) is 37.9 Å². The minimum atomic E-state index is -4.14. The van der Waals surface area contributed by atoms with Gasteiger partial charge in [0.15, 0.2) is 0 Å². The second-order valence-electron chi connectivity index (χ2n) is 5.26. The molecule has 1 unspecified atom stereocenters. The fraction of sp³-hybridized carbons (Fsp3) is 0.571. The maximum atomic E-state index is 12.2. The van der Waals surface area contributed by atoms with Crippen molar-refractivity contribution in [3.8, 4) is 5.75 Å². The molecule has 1 aromatic carbocycles. The highest BCUT2D eigenvalue weighted by atomic mass is 35.5. The standard InChI is InChI=1S/C14H16F3NO.ClH/c15-14(16,17)8-18-12-2-1-9-5-10-3-4-19-13(10)7-11(9)6-12;/h5,7,12,18H,1-4,6,8H2;1H. The molecule has 2 nitrogen and oxygen atoms in total. The van der Waals surface area contributed by atoms with E-state index in [-0.39, 0.29) is 18.4 Å². The molecule has 1 aromatic rings. The van der Waals surface area contributed by atoms with E-state index >= 15 is 0 Å². The smallest absolute Gasteiger partial charge is 0.401 e. The van der Waals surface area contributed by atoms with Crippen molar-refractivity contribution < 1.29 is 17.9 Å². The highest BCUT2D eigenvalue weighted by Crippen LogP contribution is 2.32. The first kappa shape index (κ1) is 15.4. The van der Waals surface area contributed by atoms with E-state index in [1.807, 2.05) is 6.07 Å². The van der Waals surface area contributed by atoms with E-state index < -0.39 is 12.7 Å². The SMILES string of the molecule is Cl.FC(F)(F)CNC1CCc2cc3c(cc2C1)OCC3. The van der Waals surface area contributed by atoms with Gasteiger partial charge in [-0.05, 0) is 42.0 Å². The predicted octanol–water partition coefficient (Wildman–Crippen LogP) is 3.05. The van der Waals surface area contributed by atoms with Gasteiger partial charge >= 0.3 is 6.18 Å². The van der Waals surface area contributed by atoms with Gasteiger partial charge in [-0.2, -0.15) is 13.2 Å². The predicted molar refractivity (Wildman–Crippen MR) is 72.8 cm³/mol. The van der Waals surface area contributed by atoms with Gasteiger partial charge in [0.1, 0.15) is 5.75 Å². The number of aryl methyl sites for hydroxylation is 1. The van der Waals surface area contributed by atoms with Gasteiger partial charge in [0.05, 0.1) is 13.2 Å². The van der Waals surface area contributed by atoms with E-state index in [2.05, 4.69) is 11.4 Å². The zero-order chi connectivity index (χ0) is 13.5. The second kappa shape index (κ2) is 5.82. The molecule has 1 atom stereocenters. The van der Waals surface area contributed by atoms with Gasteiger partial charge in [0.25, 0.3) is 0 Å². The molecule has 0 aromatic heterocycles. The summed E-state index contributed by atoms with van der Waals surface area (Å²) < 4.78 is 42.1. The van der Waals surface area contributed by atoms with Gasteiger partial charge in [0, 0.05) is 12.5 Å². The third kappa shape index (κ3) is 3.38. The monoisotopic (exact) mass is 307 g/mol. The largest absolute Gasteiger partial charge is 0.493 e. The molecule has 0 fully saturated rings. The zero-order valence-electron chi connectivity index (χ0n) is 10.9. The molecule has 20 heavy (non-hydrogen) atoms. The molecule has 6 heteroatoms. The van der Waals surface area contributed by atoms with Crippen LogP contribution in [0.15, 0.2) is 12.1 Å². The Labute approximate surface area is 122 Å². The molecule has 3 rings (SSSR count). The van der Waals surface area contributed by atoms with Crippen LogP contribution in [0.1, 0.15) is 23.1 Å². The topological polar surface area (TPSA) is 21.3 Å². The summed E-state index contributed by atoms with van der Waals surface area (Å²) in [6.07, 6.45) is -0.928. The van der Waals surface area contributed by atoms with Crippen LogP contribution in [0, 0.1) is 0 Å². The Morgan fingerprint density at radius 2 is 1.95 bits per heavy atom. The van der Waals surface area contributed by atoms with E-state index in [1.54, 1.807) is 0 Å². The summed E-state index contributed by atoms with van der Waals surface area (Å²) >= 11 is 0. The van der Waals surface area contributed by atoms with Crippen LogP contribution in [-0.4, -0.2) is 25.4 Å². The minimum absolute atomic E-state index is 0. The molecule has 1 aliphatic heterocycles.